The average molecular weight is 609 g/mol. The molecule has 2 aromatic heterocycles. The van der Waals surface area contributed by atoms with E-state index in [1.165, 1.54) is 0 Å². The van der Waals surface area contributed by atoms with Crippen molar-refractivity contribution in [3.8, 4) is 0 Å². The maximum atomic E-state index is 12.6. The number of aliphatic hydroxyl groups is 1. The zero-order chi connectivity index (χ0) is 31.4. The summed E-state index contributed by atoms with van der Waals surface area (Å²) in [5, 5.41) is 15.6. The number of morpholine rings is 1. The monoisotopic (exact) mass is 608 g/mol. The van der Waals surface area contributed by atoms with Crippen molar-refractivity contribution >= 4 is 22.9 Å². The Kier molecular flexibility index (Phi) is 8.14. The third kappa shape index (κ3) is 5.35. The van der Waals surface area contributed by atoms with Gasteiger partial charge in [0, 0.05) is 39.6 Å². The Balaban J connectivity index is 1.35. The number of carbonyl (C=O) groups is 1. The van der Waals surface area contributed by atoms with E-state index in [-0.39, 0.29) is 18.2 Å². The first-order chi connectivity index (χ1) is 20.9. The Morgan fingerprint density at radius 3 is 2.48 bits per heavy atom. The van der Waals surface area contributed by atoms with Crippen LogP contribution < -0.4 is 5.32 Å². The molecule has 6 rings (SSSR count). The molecule has 44 heavy (non-hydrogen) atoms. The van der Waals surface area contributed by atoms with Crippen molar-refractivity contribution in [1.82, 2.24) is 33.8 Å². The molecule has 1 amide bonds. The van der Waals surface area contributed by atoms with Gasteiger partial charge < -0.3 is 29.4 Å². The number of hydrogen-bond acceptors (Lipinski definition) is 9. The number of fused-ring (bicyclic) bond motifs is 2. The van der Waals surface area contributed by atoms with Gasteiger partial charge in [-0.25, -0.2) is 19.7 Å². The van der Waals surface area contributed by atoms with Crippen molar-refractivity contribution in [2.24, 2.45) is 13.0 Å². The SMILES string of the molecule is CCc1nc2ccccc2n1C1(C)Nc2c(nc(C(O)C3CCN(C(=O)OC(C)(C)C)CC3)n2C)C(N2CCOCC2)N1C. The molecule has 5 heterocycles. The van der Waals surface area contributed by atoms with E-state index in [4.69, 9.17) is 19.4 Å². The predicted octanol–water partition coefficient (Wildman–Crippen LogP) is 4.03. The molecule has 2 N–H and O–H groups in total. The van der Waals surface area contributed by atoms with Gasteiger partial charge in [-0.2, -0.15) is 0 Å². The largest absolute Gasteiger partial charge is 0.444 e. The minimum Gasteiger partial charge on any atom is -0.444 e. The van der Waals surface area contributed by atoms with Crippen molar-refractivity contribution in [1.29, 1.82) is 0 Å². The molecule has 3 aromatic rings. The van der Waals surface area contributed by atoms with Crippen LogP contribution in [0, 0.1) is 5.92 Å². The van der Waals surface area contributed by atoms with Gasteiger partial charge in [-0.3, -0.25) is 9.47 Å². The topological polar surface area (TPSA) is 113 Å². The summed E-state index contributed by atoms with van der Waals surface area (Å²) in [5.74, 6) is 1.83. The third-order valence-corrected chi connectivity index (χ3v) is 9.49. The van der Waals surface area contributed by atoms with Crippen molar-refractivity contribution in [3.63, 3.8) is 0 Å². The first-order valence-electron chi connectivity index (χ1n) is 15.9. The van der Waals surface area contributed by atoms with E-state index in [1.54, 1.807) is 4.90 Å². The van der Waals surface area contributed by atoms with Crippen LogP contribution in [0.3, 0.4) is 0 Å². The summed E-state index contributed by atoms with van der Waals surface area (Å²) in [7, 11) is 4.13. The normalized spacial score (nSPS) is 24.7. The molecular formula is C32H48N8O4. The molecule has 12 nitrogen and oxygen atoms in total. The molecule has 2 saturated heterocycles. The van der Waals surface area contributed by atoms with Crippen LogP contribution in [0.25, 0.3) is 11.0 Å². The summed E-state index contributed by atoms with van der Waals surface area (Å²) in [6.45, 7) is 14.0. The molecule has 0 aliphatic carbocycles. The molecule has 2 fully saturated rings. The number of hydrogen-bond donors (Lipinski definition) is 2. The van der Waals surface area contributed by atoms with Gasteiger partial charge in [0.2, 0.25) is 0 Å². The van der Waals surface area contributed by atoms with Crippen LogP contribution in [-0.2, 0) is 28.7 Å². The van der Waals surface area contributed by atoms with E-state index in [2.05, 4.69) is 58.8 Å². The number of nitrogens with one attached hydrogen (secondary N) is 1. The Labute approximate surface area is 259 Å². The van der Waals surface area contributed by atoms with Gasteiger partial charge in [0.1, 0.15) is 41.0 Å². The highest BCUT2D eigenvalue weighted by Crippen LogP contribution is 2.45. The lowest BCUT2D eigenvalue weighted by Crippen LogP contribution is -2.61. The number of amides is 1. The predicted molar refractivity (Wildman–Crippen MR) is 168 cm³/mol. The molecule has 240 valence electrons. The number of para-hydroxylation sites is 2. The number of benzene rings is 1. The number of piperidine rings is 1. The van der Waals surface area contributed by atoms with Crippen LogP contribution in [0.2, 0.25) is 0 Å². The number of aromatic nitrogens is 4. The maximum absolute atomic E-state index is 12.6. The first-order valence-corrected chi connectivity index (χ1v) is 15.9. The van der Waals surface area contributed by atoms with Crippen LogP contribution in [0.5, 0.6) is 0 Å². The second-order valence-corrected chi connectivity index (χ2v) is 13.5. The quantitative estimate of drug-likeness (QED) is 0.443. The molecule has 0 radical (unpaired) electrons. The number of imidazole rings is 2. The second-order valence-electron chi connectivity index (χ2n) is 13.5. The zero-order valence-corrected chi connectivity index (χ0v) is 27.2. The number of ether oxygens (including phenoxy) is 2. The number of aryl methyl sites for hydroxylation is 1. The van der Waals surface area contributed by atoms with E-state index in [1.807, 2.05) is 38.5 Å². The molecule has 3 aliphatic rings. The van der Waals surface area contributed by atoms with Gasteiger partial charge in [0.25, 0.3) is 0 Å². The molecule has 1 aromatic carbocycles. The molecule has 3 atom stereocenters. The summed E-state index contributed by atoms with van der Waals surface area (Å²) in [4.78, 5) is 29.3. The number of rotatable bonds is 5. The van der Waals surface area contributed by atoms with Crippen LogP contribution in [0.1, 0.15) is 77.1 Å². The molecule has 12 heteroatoms. The Hall–Kier alpha value is -3.19. The highest BCUT2D eigenvalue weighted by atomic mass is 16.6. The van der Waals surface area contributed by atoms with Gasteiger partial charge >= 0.3 is 6.09 Å². The molecule has 3 unspecified atom stereocenters. The minimum atomic E-state index is -0.768. The number of nitrogens with zero attached hydrogens (tertiary/aromatic N) is 7. The number of likely N-dealkylation sites (tertiary alicyclic amines) is 1. The third-order valence-electron chi connectivity index (χ3n) is 9.49. The van der Waals surface area contributed by atoms with Crippen molar-refractivity contribution in [2.75, 3.05) is 51.8 Å². The molecule has 0 saturated carbocycles. The smallest absolute Gasteiger partial charge is 0.410 e. The van der Waals surface area contributed by atoms with E-state index in [0.29, 0.717) is 45.0 Å². The lowest BCUT2D eigenvalue weighted by atomic mass is 9.91. The van der Waals surface area contributed by atoms with Crippen LogP contribution >= 0.6 is 0 Å². The van der Waals surface area contributed by atoms with E-state index >= 15 is 0 Å². The van der Waals surface area contributed by atoms with Gasteiger partial charge in [-0.05, 0) is 65.6 Å². The number of carbonyl (C=O) groups excluding carboxylic acids is 1. The van der Waals surface area contributed by atoms with Gasteiger partial charge in [-0.1, -0.05) is 19.1 Å². The van der Waals surface area contributed by atoms with Crippen LogP contribution in [0.15, 0.2) is 24.3 Å². The summed E-state index contributed by atoms with van der Waals surface area (Å²) in [6.07, 6.45) is 0.929. The van der Waals surface area contributed by atoms with E-state index in [9.17, 15) is 9.90 Å². The summed E-state index contributed by atoms with van der Waals surface area (Å²) >= 11 is 0. The standard InChI is InChI=1S/C32H48N8O4/c1-8-24-33-22-11-9-10-12-23(22)40(24)32(5)35-27-25(29(37(32)7)38-17-19-43-20-18-38)34-28(36(27)6)26(41)21-13-15-39(16-14-21)30(42)44-31(2,3)4/h9-12,21,26,29,35,41H,8,13-20H2,1-7H3. The number of aliphatic hydroxyl groups excluding tert-OH is 1. The van der Waals surface area contributed by atoms with Crippen molar-refractivity contribution in [3.05, 3.63) is 41.6 Å². The highest BCUT2D eigenvalue weighted by Gasteiger charge is 2.49. The summed E-state index contributed by atoms with van der Waals surface area (Å²) in [6, 6.07) is 8.28. The van der Waals surface area contributed by atoms with Crippen LogP contribution in [0.4, 0.5) is 10.6 Å². The van der Waals surface area contributed by atoms with Crippen LogP contribution in [-0.4, -0.2) is 97.0 Å². The fourth-order valence-corrected chi connectivity index (χ4v) is 7.05. The van der Waals surface area contributed by atoms with E-state index < -0.39 is 17.5 Å². The Bertz CT molecular complexity index is 1500. The fraction of sp³-hybridized carbons (Fsp3) is 0.656. The Morgan fingerprint density at radius 2 is 1.82 bits per heavy atom. The molecular weight excluding hydrogens is 560 g/mol. The Morgan fingerprint density at radius 1 is 1.14 bits per heavy atom. The van der Waals surface area contributed by atoms with Gasteiger partial charge in [-0.15, -0.1) is 0 Å². The maximum Gasteiger partial charge on any atom is 0.410 e. The lowest BCUT2D eigenvalue weighted by molar-refractivity contribution is -0.0813. The number of anilines is 1. The first kappa shape index (κ1) is 30.8. The summed E-state index contributed by atoms with van der Waals surface area (Å²) < 4.78 is 15.7. The highest BCUT2D eigenvalue weighted by molar-refractivity contribution is 5.76. The molecule has 3 aliphatic heterocycles. The lowest BCUT2D eigenvalue weighted by Gasteiger charge is -2.52. The molecule has 0 bridgehead atoms. The van der Waals surface area contributed by atoms with Crippen molar-refractivity contribution in [2.45, 2.75) is 77.5 Å². The van der Waals surface area contributed by atoms with Crippen molar-refractivity contribution < 1.29 is 19.4 Å². The zero-order valence-electron chi connectivity index (χ0n) is 27.2. The van der Waals surface area contributed by atoms with Gasteiger partial charge in [0.05, 0.1) is 24.2 Å². The fourth-order valence-electron chi connectivity index (χ4n) is 7.05. The average Bonchev–Trinajstić information content (AvgIpc) is 3.54. The second kappa shape index (κ2) is 11.6. The van der Waals surface area contributed by atoms with E-state index in [0.717, 1.165) is 47.9 Å². The van der Waals surface area contributed by atoms with Gasteiger partial charge in [0.15, 0.2) is 5.79 Å². The molecule has 0 spiro atoms. The minimum absolute atomic E-state index is 0.0218. The summed E-state index contributed by atoms with van der Waals surface area (Å²) in [5.41, 5.74) is 2.39.